The molecule has 0 N–H and O–H groups in total. The molecule has 2 nitrogen and oxygen atoms in total. The fraction of sp³-hybridized carbons (Fsp3) is 0.105. The van der Waals surface area contributed by atoms with E-state index in [0.717, 1.165) is 11.3 Å². The molecule has 3 aromatic rings. The molecule has 118 valence electrons. The highest BCUT2D eigenvalue weighted by atomic mass is 79.9. The lowest BCUT2D eigenvalue weighted by atomic mass is 10.2. The number of allylic oxidation sites excluding steroid dienone is 1. The second-order valence-electron chi connectivity index (χ2n) is 4.97. The Bertz CT molecular complexity index is 804. The van der Waals surface area contributed by atoms with Crippen molar-refractivity contribution in [1.29, 1.82) is 0 Å². The summed E-state index contributed by atoms with van der Waals surface area (Å²) in [6.07, 6.45) is 1.92. The van der Waals surface area contributed by atoms with E-state index < -0.39 is 0 Å². The van der Waals surface area contributed by atoms with Crippen LogP contribution in [0.3, 0.4) is 0 Å². The van der Waals surface area contributed by atoms with Crippen LogP contribution in [0.15, 0.2) is 83.7 Å². The van der Waals surface area contributed by atoms with Crippen LogP contribution in [-0.2, 0) is 13.1 Å². The minimum atomic E-state index is 0. The zero-order valence-corrected chi connectivity index (χ0v) is 15.1. The highest BCUT2D eigenvalue weighted by molar-refractivity contribution is 7.07. The van der Waals surface area contributed by atoms with Crippen LogP contribution in [0.4, 0.5) is 0 Å². The molecule has 0 aliphatic carbocycles. The number of thiazole rings is 1. The molecule has 1 heterocycles. The van der Waals surface area contributed by atoms with Gasteiger partial charge in [0.1, 0.15) is 0 Å². The zero-order valence-electron chi connectivity index (χ0n) is 12.7. The molecule has 0 saturated carbocycles. The Balaban J connectivity index is 0.00000192. The van der Waals surface area contributed by atoms with E-state index in [1.54, 1.807) is 11.3 Å². The average molecular weight is 386 g/mol. The topological polar surface area (TPSA) is 17.3 Å². The largest absolute Gasteiger partial charge is 1.00 e. The summed E-state index contributed by atoms with van der Waals surface area (Å²) < 4.78 is 2.22. The van der Waals surface area contributed by atoms with E-state index in [-0.39, 0.29) is 17.0 Å². The molecule has 0 aliphatic rings. The summed E-state index contributed by atoms with van der Waals surface area (Å²) in [4.78, 5) is 5.81. The third kappa shape index (κ3) is 4.30. The van der Waals surface area contributed by atoms with Gasteiger partial charge in [-0.3, -0.25) is 4.99 Å². The SMILES string of the molecule is C=CCn1c(-c2ccccc2)csc1=NCc1ccccc1.[Br-]. The van der Waals surface area contributed by atoms with Gasteiger partial charge in [0.05, 0.1) is 12.2 Å². The molecule has 3 rings (SSSR count). The lowest BCUT2D eigenvalue weighted by molar-refractivity contribution is -0.00000434. The lowest BCUT2D eigenvalue weighted by Gasteiger charge is -2.06. The van der Waals surface area contributed by atoms with Crippen molar-refractivity contribution < 1.29 is 17.0 Å². The van der Waals surface area contributed by atoms with Crippen LogP contribution in [0.1, 0.15) is 5.56 Å². The van der Waals surface area contributed by atoms with Crippen molar-refractivity contribution in [2.24, 2.45) is 4.99 Å². The number of aromatic nitrogens is 1. The van der Waals surface area contributed by atoms with Crippen LogP contribution in [0.5, 0.6) is 0 Å². The van der Waals surface area contributed by atoms with E-state index in [1.807, 2.05) is 30.3 Å². The van der Waals surface area contributed by atoms with Gasteiger partial charge in [-0.25, -0.2) is 0 Å². The quantitative estimate of drug-likeness (QED) is 0.592. The second-order valence-corrected chi connectivity index (χ2v) is 5.81. The molecule has 1 aromatic heterocycles. The van der Waals surface area contributed by atoms with Gasteiger partial charge in [0.25, 0.3) is 0 Å². The van der Waals surface area contributed by atoms with E-state index in [4.69, 9.17) is 4.99 Å². The highest BCUT2D eigenvalue weighted by Gasteiger charge is 2.06. The van der Waals surface area contributed by atoms with E-state index in [0.29, 0.717) is 6.54 Å². The summed E-state index contributed by atoms with van der Waals surface area (Å²) in [6.45, 7) is 5.34. The van der Waals surface area contributed by atoms with Crippen LogP contribution in [0.25, 0.3) is 11.3 Å². The first kappa shape index (κ1) is 17.4. The summed E-state index contributed by atoms with van der Waals surface area (Å²) in [7, 11) is 0. The Labute approximate surface area is 151 Å². The van der Waals surface area contributed by atoms with Gasteiger partial charge in [0, 0.05) is 11.9 Å². The van der Waals surface area contributed by atoms with Crippen molar-refractivity contribution in [2.45, 2.75) is 13.1 Å². The molecule has 0 atom stereocenters. The summed E-state index contributed by atoms with van der Waals surface area (Å²) in [5, 5.41) is 2.17. The fourth-order valence-electron chi connectivity index (χ4n) is 2.34. The molecule has 0 amide bonds. The first-order valence-electron chi connectivity index (χ1n) is 7.27. The van der Waals surface area contributed by atoms with Gasteiger partial charge in [-0.05, 0) is 11.1 Å². The van der Waals surface area contributed by atoms with Crippen molar-refractivity contribution in [3.8, 4) is 11.3 Å². The summed E-state index contributed by atoms with van der Waals surface area (Å²) in [5.74, 6) is 0. The maximum atomic E-state index is 4.77. The first-order valence-corrected chi connectivity index (χ1v) is 8.15. The molecule has 0 saturated heterocycles. The fourth-order valence-corrected chi connectivity index (χ4v) is 3.26. The number of hydrogen-bond acceptors (Lipinski definition) is 2. The highest BCUT2D eigenvalue weighted by Crippen LogP contribution is 2.19. The second kappa shape index (κ2) is 8.65. The van der Waals surface area contributed by atoms with Crippen molar-refractivity contribution in [2.75, 3.05) is 0 Å². The van der Waals surface area contributed by atoms with Crippen LogP contribution in [0, 0.1) is 0 Å². The minimum absolute atomic E-state index is 0. The van der Waals surface area contributed by atoms with Gasteiger partial charge in [-0.2, -0.15) is 0 Å². The lowest BCUT2D eigenvalue weighted by Crippen LogP contribution is -3.00. The van der Waals surface area contributed by atoms with Crippen LogP contribution in [0.2, 0.25) is 0 Å². The Hall–Kier alpha value is -1.91. The zero-order chi connectivity index (χ0) is 15.2. The number of halogens is 1. The molecular formula is C19H18BrN2S-. The van der Waals surface area contributed by atoms with Crippen molar-refractivity contribution in [3.05, 3.63) is 89.1 Å². The molecule has 4 heteroatoms. The normalized spacial score (nSPS) is 11.0. The Kier molecular flexibility index (Phi) is 6.56. The Morgan fingerprint density at radius 1 is 1.00 bits per heavy atom. The van der Waals surface area contributed by atoms with Gasteiger partial charge in [0.15, 0.2) is 4.80 Å². The van der Waals surface area contributed by atoms with Crippen LogP contribution in [-0.4, -0.2) is 4.57 Å². The molecule has 0 radical (unpaired) electrons. The maximum absolute atomic E-state index is 4.77. The molecule has 23 heavy (non-hydrogen) atoms. The van der Waals surface area contributed by atoms with Crippen molar-refractivity contribution >= 4 is 11.3 Å². The molecule has 0 unspecified atom stereocenters. The molecular weight excluding hydrogens is 368 g/mol. The Morgan fingerprint density at radius 3 is 2.30 bits per heavy atom. The minimum Gasteiger partial charge on any atom is -1.00 e. The summed E-state index contributed by atoms with van der Waals surface area (Å²) >= 11 is 1.68. The molecule has 0 fully saturated rings. The number of hydrogen-bond donors (Lipinski definition) is 0. The third-order valence-corrected chi connectivity index (χ3v) is 4.32. The van der Waals surface area contributed by atoms with Gasteiger partial charge < -0.3 is 21.5 Å². The van der Waals surface area contributed by atoms with Gasteiger partial charge in [-0.1, -0.05) is 66.7 Å². The maximum Gasteiger partial charge on any atom is 0.185 e. The van der Waals surface area contributed by atoms with E-state index in [2.05, 4.69) is 52.9 Å². The van der Waals surface area contributed by atoms with Crippen LogP contribution < -0.4 is 21.8 Å². The van der Waals surface area contributed by atoms with E-state index >= 15 is 0 Å². The average Bonchev–Trinajstić information content (AvgIpc) is 2.98. The molecule has 2 aromatic carbocycles. The third-order valence-electron chi connectivity index (χ3n) is 3.42. The summed E-state index contributed by atoms with van der Waals surface area (Å²) in [5.41, 5.74) is 3.63. The smallest absolute Gasteiger partial charge is 0.185 e. The van der Waals surface area contributed by atoms with Gasteiger partial charge >= 0.3 is 0 Å². The van der Waals surface area contributed by atoms with Crippen LogP contribution >= 0.6 is 11.3 Å². The summed E-state index contributed by atoms with van der Waals surface area (Å²) in [6, 6.07) is 20.7. The Morgan fingerprint density at radius 2 is 1.65 bits per heavy atom. The van der Waals surface area contributed by atoms with Gasteiger partial charge in [0.2, 0.25) is 0 Å². The van der Waals surface area contributed by atoms with E-state index in [9.17, 15) is 0 Å². The van der Waals surface area contributed by atoms with Crippen molar-refractivity contribution in [3.63, 3.8) is 0 Å². The molecule has 0 bridgehead atoms. The predicted octanol–water partition coefficient (Wildman–Crippen LogP) is 1.51. The number of rotatable bonds is 5. The van der Waals surface area contributed by atoms with Crippen molar-refractivity contribution in [1.82, 2.24) is 4.57 Å². The predicted molar refractivity (Wildman–Crippen MR) is 93.7 cm³/mol. The monoisotopic (exact) mass is 385 g/mol. The van der Waals surface area contributed by atoms with Gasteiger partial charge in [-0.15, -0.1) is 17.9 Å². The standard InChI is InChI=1S/C19H18N2S.BrH/c1-2-13-21-18(17-11-7-4-8-12-17)15-22-19(21)20-14-16-9-5-3-6-10-16;/h2-12,15H,1,13-14H2;1H/p-1. The van der Waals surface area contributed by atoms with E-state index in [1.165, 1.54) is 16.8 Å². The molecule has 0 aliphatic heterocycles. The first-order chi connectivity index (χ1) is 10.9. The molecule has 0 spiro atoms. The number of benzene rings is 2. The number of nitrogens with zero attached hydrogens (tertiary/aromatic N) is 2.